The zero-order valence-corrected chi connectivity index (χ0v) is 22.5. The maximum atomic E-state index is 13.9. The van der Waals surface area contributed by atoms with E-state index in [1.807, 2.05) is 24.3 Å². The number of phenolic OH excluding ortho intramolecular Hbond substituents is 1. The van der Waals surface area contributed by atoms with E-state index in [2.05, 4.69) is 22.0 Å². The molecule has 1 N–H and O–H groups in total. The van der Waals surface area contributed by atoms with Crippen molar-refractivity contribution in [2.24, 2.45) is 4.99 Å². The lowest BCUT2D eigenvalue weighted by atomic mass is 9.83. The highest BCUT2D eigenvalue weighted by molar-refractivity contribution is 9.10. The van der Waals surface area contributed by atoms with Crippen LogP contribution in [0.3, 0.4) is 0 Å². The number of benzene rings is 3. The number of aryl methyl sites for hydroxylation is 1. The van der Waals surface area contributed by atoms with Crippen molar-refractivity contribution >= 4 is 44.7 Å². The molecular weight excluding hydrogens is 570 g/mol. The Bertz CT molecular complexity index is 1860. The van der Waals surface area contributed by atoms with Crippen LogP contribution in [0, 0.1) is 10.1 Å². The molecule has 8 nitrogen and oxygen atoms in total. The number of rotatable bonds is 4. The van der Waals surface area contributed by atoms with Gasteiger partial charge in [0.1, 0.15) is 0 Å². The molecule has 0 fully saturated rings. The molecule has 1 aromatic heterocycles. The van der Waals surface area contributed by atoms with Crippen LogP contribution in [-0.4, -0.2) is 21.7 Å². The molecule has 0 saturated heterocycles. The molecule has 2 heterocycles. The number of thiazole rings is 1. The van der Waals surface area contributed by atoms with Crippen LogP contribution in [0.4, 0.5) is 5.69 Å². The summed E-state index contributed by atoms with van der Waals surface area (Å²) >= 11 is 4.64. The van der Waals surface area contributed by atoms with Crippen molar-refractivity contribution < 1.29 is 14.8 Å². The molecule has 0 bridgehead atoms. The number of halogens is 1. The highest BCUT2D eigenvalue weighted by Gasteiger charge is 2.33. The van der Waals surface area contributed by atoms with Gasteiger partial charge in [-0.15, -0.1) is 0 Å². The lowest BCUT2D eigenvalue weighted by Gasteiger charge is -2.30. The maximum Gasteiger partial charge on any atom is 0.271 e. The summed E-state index contributed by atoms with van der Waals surface area (Å²) in [7, 11) is 1.46. The number of nitro benzene ring substituents is 1. The minimum atomic E-state index is -0.540. The third-order valence-electron chi connectivity index (χ3n) is 6.85. The Morgan fingerprint density at radius 2 is 2.00 bits per heavy atom. The Balaban J connectivity index is 1.63. The van der Waals surface area contributed by atoms with Gasteiger partial charge in [-0.3, -0.25) is 19.5 Å². The molecule has 0 radical (unpaired) electrons. The Morgan fingerprint density at radius 3 is 2.79 bits per heavy atom. The van der Waals surface area contributed by atoms with Gasteiger partial charge >= 0.3 is 0 Å². The molecule has 4 aromatic rings. The van der Waals surface area contributed by atoms with Crippen LogP contribution >= 0.6 is 27.3 Å². The second-order valence-corrected chi connectivity index (χ2v) is 10.9. The van der Waals surface area contributed by atoms with Gasteiger partial charge in [0, 0.05) is 27.7 Å². The smallest absolute Gasteiger partial charge is 0.271 e. The summed E-state index contributed by atoms with van der Waals surface area (Å²) in [5.41, 5.74) is 4.70. The van der Waals surface area contributed by atoms with Crippen LogP contribution in [0.5, 0.6) is 11.5 Å². The number of aromatic nitrogens is 1. The van der Waals surface area contributed by atoms with Gasteiger partial charge in [0.25, 0.3) is 11.2 Å². The molecular formula is C28H20BrN3O5S. The van der Waals surface area contributed by atoms with Crippen molar-refractivity contribution in [1.29, 1.82) is 0 Å². The minimum Gasteiger partial charge on any atom is -0.504 e. The monoisotopic (exact) mass is 589 g/mol. The number of nitro groups is 1. The number of ether oxygens (including phenoxy) is 1. The second kappa shape index (κ2) is 9.38. The van der Waals surface area contributed by atoms with E-state index >= 15 is 0 Å². The number of fused-ring (bicyclic) bond motifs is 3. The zero-order chi connectivity index (χ0) is 26.6. The highest BCUT2D eigenvalue weighted by Crippen LogP contribution is 2.41. The van der Waals surface area contributed by atoms with Crippen molar-refractivity contribution in [1.82, 2.24) is 4.57 Å². The average molecular weight is 590 g/mol. The molecule has 1 atom stereocenters. The van der Waals surface area contributed by atoms with E-state index in [0.29, 0.717) is 31.4 Å². The SMILES string of the molecule is COc1cc(Br)cc(/C=c2\sc3n(c2=O)C(c2cccc([N+](=O)[O-])c2)C2=C(N=3)c3ccccc3CC2)c1O. The Morgan fingerprint density at radius 1 is 1.18 bits per heavy atom. The molecule has 190 valence electrons. The van der Waals surface area contributed by atoms with Gasteiger partial charge in [-0.05, 0) is 47.8 Å². The summed E-state index contributed by atoms with van der Waals surface area (Å²) in [5, 5.41) is 22.3. The third-order valence-corrected chi connectivity index (χ3v) is 8.29. The van der Waals surface area contributed by atoms with Crippen LogP contribution in [0.1, 0.15) is 34.7 Å². The van der Waals surface area contributed by atoms with Crippen LogP contribution in [-0.2, 0) is 6.42 Å². The highest BCUT2D eigenvalue weighted by atomic mass is 79.9. The largest absolute Gasteiger partial charge is 0.504 e. The van der Waals surface area contributed by atoms with Crippen LogP contribution < -0.4 is 19.6 Å². The fourth-order valence-corrected chi connectivity index (χ4v) is 6.58. The van der Waals surface area contributed by atoms with E-state index in [4.69, 9.17) is 9.73 Å². The number of hydrogen-bond acceptors (Lipinski definition) is 7. The van der Waals surface area contributed by atoms with Crippen molar-refractivity contribution in [2.45, 2.75) is 18.9 Å². The number of nitrogens with zero attached hydrogens (tertiary/aromatic N) is 3. The van der Waals surface area contributed by atoms with Crippen LogP contribution in [0.15, 0.2) is 80.5 Å². The van der Waals surface area contributed by atoms with E-state index in [9.17, 15) is 20.0 Å². The molecule has 0 spiro atoms. The molecule has 10 heteroatoms. The Labute approximate surface area is 228 Å². The number of methoxy groups -OCH3 is 1. The molecule has 2 aliphatic rings. The van der Waals surface area contributed by atoms with E-state index in [1.165, 1.54) is 36.1 Å². The molecule has 38 heavy (non-hydrogen) atoms. The van der Waals surface area contributed by atoms with Gasteiger partial charge in [-0.1, -0.05) is 63.7 Å². The number of allylic oxidation sites excluding steroid dienone is 1. The van der Waals surface area contributed by atoms with E-state index in [0.717, 1.165) is 23.3 Å². The first-order chi connectivity index (χ1) is 18.4. The van der Waals surface area contributed by atoms with Crippen LogP contribution in [0.25, 0.3) is 11.8 Å². The van der Waals surface area contributed by atoms with Gasteiger partial charge in [-0.25, -0.2) is 4.99 Å². The fraction of sp³-hybridized carbons (Fsp3) is 0.143. The molecule has 0 saturated carbocycles. The first kappa shape index (κ1) is 24.3. The van der Waals surface area contributed by atoms with Crippen LogP contribution in [0.2, 0.25) is 0 Å². The summed E-state index contributed by atoms with van der Waals surface area (Å²) in [6, 6.07) is 17.3. The lowest BCUT2D eigenvalue weighted by molar-refractivity contribution is -0.384. The lowest BCUT2D eigenvalue weighted by Crippen LogP contribution is -2.38. The standard InChI is InChI=1S/C28H20BrN3O5S/c1-37-22-14-18(29)11-17(26(22)33)13-23-27(34)31-25(16-6-4-7-19(12-16)32(35)36)21-10-9-15-5-2-3-8-20(15)24(21)30-28(31)38-23/h2-8,11-14,25,33H,9-10H2,1H3/b23-13-. The van der Waals surface area contributed by atoms with Gasteiger partial charge in [-0.2, -0.15) is 0 Å². The topological polar surface area (TPSA) is 107 Å². The van der Waals surface area contributed by atoms with E-state index in [1.54, 1.807) is 28.8 Å². The van der Waals surface area contributed by atoms with Crippen molar-refractivity contribution in [3.05, 3.63) is 123 Å². The number of phenols is 1. The quantitative estimate of drug-likeness (QED) is 0.274. The molecule has 1 aliphatic carbocycles. The molecule has 3 aromatic carbocycles. The second-order valence-electron chi connectivity index (χ2n) is 9.01. The number of aromatic hydroxyl groups is 1. The summed E-state index contributed by atoms with van der Waals surface area (Å²) in [5.74, 6) is 0.199. The summed E-state index contributed by atoms with van der Waals surface area (Å²) in [6.07, 6.45) is 3.08. The molecule has 1 unspecified atom stereocenters. The Kier molecular flexibility index (Phi) is 6.00. The predicted octanol–water partition coefficient (Wildman–Crippen LogP) is 4.70. The number of non-ortho nitro benzene ring substituents is 1. The van der Waals surface area contributed by atoms with E-state index < -0.39 is 11.0 Å². The van der Waals surface area contributed by atoms with Gasteiger partial charge in [0.2, 0.25) is 0 Å². The molecule has 6 rings (SSSR count). The Hall–Kier alpha value is -4.02. The van der Waals surface area contributed by atoms with E-state index in [-0.39, 0.29) is 22.7 Å². The van der Waals surface area contributed by atoms with Crippen molar-refractivity contribution in [2.75, 3.05) is 7.11 Å². The maximum absolute atomic E-state index is 13.9. The first-order valence-corrected chi connectivity index (χ1v) is 13.4. The predicted molar refractivity (Wildman–Crippen MR) is 148 cm³/mol. The van der Waals surface area contributed by atoms with Gasteiger partial charge < -0.3 is 9.84 Å². The summed E-state index contributed by atoms with van der Waals surface area (Å²) < 4.78 is 7.94. The molecule has 1 aliphatic heterocycles. The third kappa shape index (κ3) is 3.97. The van der Waals surface area contributed by atoms with Gasteiger partial charge in [0.15, 0.2) is 16.3 Å². The summed E-state index contributed by atoms with van der Waals surface area (Å²) in [6.45, 7) is 0. The summed E-state index contributed by atoms with van der Waals surface area (Å²) in [4.78, 5) is 30.5. The number of hydrogen-bond donors (Lipinski definition) is 1. The average Bonchev–Trinajstić information content (AvgIpc) is 3.23. The first-order valence-electron chi connectivity index (χ1n) is 11.8. The normalized spacial score (nSPS) is 16.4. The zero-order valence-electron chi connectivity index (χ0n) is 20.1. The van der Waals surface area contributed by atoms with Crippen molar-refractivity contribution in [3.63, 3.8) is 0 Å². The minimum absolute atomic E-state index is 0.0360. The van der Waals surface area contributed by atoms with Crippen molar-refractivity contribution in [3.8, 4) is 11.5 Å². The molecule has 0 amide bonds. The fourth-order valence-electron chi connectivity index (χ4n) is 5.13. The van der Waals surface area contributed by atoms with Gasteiger partial charge in [0.05, 0.1) is 28.3 Å².